The Morgan fingerprint density at radius 3 is 2.57 bits per heavy atom. The van der Waals surface area contributed by atoms with Crippen molar-refractivity contribution in [1.29, 1.82) is 0 Å². The number of rotatable bonds is 9. The number of hydrogen-bond acceptors (Lipinski definition) is 4. The van der Waals surface area contributed by atoms with Crippen molar-refractivity contribution in [1.82, 2.24) is 16.0 Å². The third kappa shape index (κ3) is 8.80. The minimum Gasteiger partial charge on any atom is -0.459 e. The summed E-state index contributed by atoms with van der Waals surface area (Å²) in [5, 5.41) is 9.14. The highest BCUT2D eigenvalue weighted by Gasteiger charge is 2.11. The average molecular weight is 438 g/mol. The van der Waals surface area contributed by atoms with E-state index in [9.17, 15) is 4.79 Å². The predicted molar refractivity (Wildman–Crippen MR) is 102 cm³/mol. The number of furan rings is 1. The third-order valence-corrected chi connectivity index (χ3v) is 2.97. The van der Waals surface area contributed by atoms with E-state index in [1.165, 1.54) is 6.26 Å². The van der Waals surface area contributed by atoms with Crippen molar-refractivity contribution < 1.29 is 13.9 Å². The van der Waals surface area contributed by atoms with E-state index in [0.29, 0.717) is 38.6 Å². The van der Waals surface area contributed by atoms with Crippen LogP contribution in [0.15, 0.2) is 21.7 Å². The number of carbonyl (C=O) groups excluding carboxylic acids is 1. The number of aliphatic imine (C=N–C) groups is 1. The van der Waals surface area contributed by atoms with Crippen molar-refractivity contribution in [2.24, 2.45) is 4.99 Å². The molecule has 132 valence electrons. The zero-order chi connectivity index (χ0) is 16.2. The number of carbonyl (C=O) groups is 1. The lowest BCUT2D eigenvalue weighted by molar-refractivity contribution is 0.0925. The van der Waals surface area contributed by atoms with E-state index >= 15 is 0 Å². The van der Waals surface area contributed by atoms with Crippen LogP contribution in [0.3, 0.4) is 0 Å². The molecular formula is C15H27IN4O3. The first-order valence-electron chi connectivity index (χ1n) is 7.53. The van der Waals surface area contributed by atoms with Crippen LogP contribution < -0.4 is 16.0 Å². The van der Waals surface area contributed by atoms with Crippen LogP contribution >= 0.6 is 24.0 Å². The van der Waals surface area contributed by atoms with Gasteiger partial charge in [0.25, 0.3) is 5.91 Å². The number of amides is 1. The summed E-state index contributed by atoms with van der Waals surface area (Å²) in [5.41, 5.74) is 0.842. The number of nitrogens with zero attached hydrogens (tertiary/aromatic N) is 1. The zero-order valence-corrected chi connectivity index (χ0v) is 16.3. The fraction of sp³-hybridized carbons (Fsp3) is 0.600. The number of halogens is 1. The van der Waals surface area contributed by atoms with E-state index in [2.05, 4.69) is 20.9 Å². The smallest absolute Gasteiger partial charge is 0.287 e. The molecule has 1 amide bonds. The van der Waals surface area contributed by atoms with E-state index in [4.69, 9.17) is 9.15 Å². The highest BCUT2D eigenvalue weighted by atomic mass is 127. The molecule has 0 aliphatic carbocycles. The van der Waals surface area contributed by atoms with Gasteiger partial charge in [0.1, 0.15) is 0 Å². The Labute approximate surface area is 154 Å². The highest BCUT2D eigenvalue weighted by Crippen LogP contribution is 2.07. The first-order chi connectivity index (χ1) is 10.7. The Hall–Kier alpha value is -1.29. The van der Waals surface area contributed by atoms with Crippen LogP contribution in [0.4, 0.5) is 0 Å². The van der Waals surface area contributed by atoms with Crippen LogP contribution in [0.1, 0.15) is 29.5 Å². The van der Waals surface area contributed by atoms with Crippen molar-refractivity contribution in [2.45, 2.75) is 20.3 Å². The van der Waals surface area contributed by atoms with Crippen molar-refractivity contribution in [3.8, 4) is 0 Å². The molecule has 1 rings (SSSR count). The van der Waals surface area contributed by atoms with Gasteiger partial charge in [-0.3, -0.25) is 9.79 Å². The van der Waals surface area contributed by atoms with Gasteiger partial charge in [0.15, 0.2) is 11.7 Å². The molecule has 1 heterocycles. The van der Waals surface area contributed by atoms with Gasteiger partial charge in [-0.15, -0.1) is 24.0 Å². The molecule has 8 heteroatoms. The first kappa shape index (κ1) is 21.7. The summed E-state index contributed by atoms with van der Waals surface area (Å²) in [4.78, 5) is 15.9. The molecule has 0 atom stereocenters. The van der Waals surface area contributed by atoms with Crippen LogP contribution in [0.25, 0.3) is 0 Å². The molecule has 0 radical (unpaired) electrons. The number of nitrogens with one attached hydrogen (secondary N) is 3. The Bertz CT molecular complexity index is 477. The summed E-state index contributed by atoms with van der Waals surface area (Å²) in [6.07, 6.45) is 2.31. The number of hydrogen-bond donors (Lipinski definition) is 3. The Morgan fingerprint density at radius 2 is 1.96 bits per heavy atom. The molecule has 0 saturated heterocycles. The van der Waals surface area contributed by atoms with Crippen LogP contribution in [-0.4, -0.2) is 51.8 Å². The van der Waals surface area contributed by atoms with E-state index in [1.807, 2.05) is 13.8 Å². The minimum atomic E-state index is -0.179. The first-order valence-corrected chi connectivity index (χ1v) is 7.53. The van der Waals surface area contributed by atoms with Gasteiger partial charge in [-0.2, -0.15) is 0 Å². The maximum atomic E-state index is 11.8. The van der Waals surface area contributed by atoms with Gasteiger partial charge >= 0.3 is 0 Å². The van der Waals surface area contributed by atoms with Crippen molar-refractivity contribution >= 4 is 35.8 Å². The molecule has 0 bridgehead atoms. The van der Waals surface area contributed by atoms with Gasteiger partial charge in [0, 0.05) is 38.9 Å². The van der Waals surface area contributed by atoms with Gasteiger partial charge in [-0.1, -0.05) is 0 Å². The molecule has 0 unspecified atom stereocenters. The summed E-state index contributed by atoms with van der Waals surface area (Å²) in [6, 6.07) is 1.77. The third-order valence-electron chi connectivity index (χ3n) is 2.97. The molecule has 3 N–H and O–H groups in total. The molecule has 0 fully saturated rings. The molecule has 23 heavy (non-hydrogen) atoms. The average Bonchev–Trinajstić information content (AvgIpc) is 2.95. The molecular weight excluding hydrogens is 411 g/mol. The number of aryl methyl sites for hydroxylation is 1. The van der Waals surface area contributed by atoms with Gasteiger partial charge in [-0.25, -0.2) is 0 Å². The lowest BCUT2D eigenvalue weighted by Gasteiger charge is -2.11. The summed E-state index contributed by atoms with van der Waals surface area (Å²) in [7, 11) is 1.72. The lowest BCUT2D eigenvalue weighted by atomic mass is 10.2. The number of ether oxygens (including phenoxy) is 1. The van der Waals surface area contributed by atoms with Crippen LogP contribution in [0.5, 0.6) is 0 Å². The zero-order valence-electron chi connectivity index (χ0n) is 14.0. The van der Waals surface area contributed by atoms with Gasteiger partial charge in [0.2, 0.25) is 0 Å². The van der Waals surface area contributed by atoms with Crippen LogP contribution in [-0.2, 0) is 4.74 Å². The van der Waals surface area contributed by atoms with Crippen molar-refractivity contribution in [2.75, 3.05) is 39.9 Å². The van der Waals surface area contributed by atoms with Gasteiger partial charge in [-0.05, 0) is 26.3 Å². The van der Waals surface area contributed by atoms with Crippen molar-refractivity contribution in [3.05, 3.63) is 23.7 Å². The SMILES string of the molecule is CCOCCNC(=NC)NCCCNC(=O)c1occc1C.I. The van der Waals surface area contributed by atoms with Gasteiger partial charge < -0.3 is 25.1 Å². The quantitative estimate of drug-likeness (QED) is 0.236. The van der Waals surface area contributed by atoms with Crippen molar-refractivity contribution in [3.63, 3.8) is 0 Å². The maximum absolute atomic E-state index is 11.8. The topological polar surface area (TPSA) is 87.9 Å². The molecule has 0 saturated carbocycles. The summed E-state index contributed by atoms with van der Waals surface area (Å²) < 4.78 is 10.4. The van der Waals surface area contributed by atoms with E-state index in [-0.39, 0.29) is 29.9 Å². The van der Waals surface area contributed by atoms with E-state index in [1.54, 1.807) is 13.1 Å². The Morgan fingerprint density at radius 1 is 1.26 bits per heavy atom. The molecule has 1 aromatic heterocycles. The van der Waals surface area contributed by atoms with E-state index in [0.717, 1.165) is 17.9 Å². The van der Waals surface area contributed by atoms with Gasteiger partial charge in [0.05, 0.1) is 12.9 Å². The molecule has 0 aromatic carbocycles. The maximum Gasteiger partial charge on any atom is 0.287 e. The van der Waals surface area contributed by atoms with Crippen LogP contribution in [0, 0.1) is 6.92 Å². The lowest BCUT2D eigenvalue weighted by Crippen LogP contribution is -2.40. The second-order valence-corrected chi connectivity index (χ2v) is 4.66. The molecule has 0 spiro atoms. The summed E-state index contributed by atoms with van der Waals surface area (Å²) in [5.74, 6) is 0.927. The predicted octanol–water partition coefficient (Wildman–Crippen LogP) is 1.53. The highest BCUT2D eigenvalue weighted by molar-refractivity contribution is 14.0. The molecule has 0 aliphatic heterocycles. The number of guanidine groups is 1. The molecule has 0 aliphatic rings. The largest absolute Gasteiger partial charge is 0.459 e. The molecule has 7 nitrogen and oxygen atoms in total. The normalized spacial score (nSPS) is 10.8. The monoisotopic (exact) mass is 438 g/mol. The fourth-order valence-electron chi connectivity index (χ4n) is 1.79. The second kappa shape index (κ2) is 13.2. The molecule has 1 aromatic rings. The second-order valence-electron chi connectivity index (χ2n) is 4.66. The standard InChI is InChI=1S/C15H26N4O3.HI/c1-4-21-11-9-19-15(16-3)18-8-5-7-17-14(20)13-12(2)6-10-22-13;/h6,10H,4-5,7-9,11H2,1-3H3,(H,17,20)(H2,16,18,19);1H. The Balaban J connectivity index is 0.00000484. The van der Waals surface area contributed by atoms with Crippen LogP contribution in [0.2, 0.25) is 0 Å². The minimum absolute atomic E-state index is 0. The fourth-order valence-corrected chi connectivity index (χ4v) is 1.79. The summed E-state index contributed by atoms with van der Waals surface area (Å²) >= 11 is 0. The van der Waals surface area contributed by atoms with E-state index < -0.39 is 0 Å². The summed E-state index contributed by atoms with van der Waals surface area (Å²) in [6.45, 7) is 7.16. The Kier molecular flexibility index (Phi) is 12.4.